The fourth-order valence-electron chi connectivity index (χ4n) is 2.85. The number of hydrogen-bond acceptors (Lipinski definition) is 5. The van der Waals surface area contributed by atoms with E-state index in [1.165, 1.54) is 0 Å². The molecule has 2 aromatic carbocycles. The highest BCUT2D eigenvalue weighted by Crippen LogP contribution is 2.18. The number of pyridine rings is 1. The summed E-state index contributed by atoms with van der Waals surface area (Å²) in [7, 11) is 1.63. The summed E-state index contributed by atoms with van der Waals surface area (Å²) in [4.78, 5) is 18.9. The molecular weight excluding hydrogens is 366 g/mol. The number of anilines is 2. The quantitative estimate of drug-likeness (QED) is 0.553. The molecule has 0 saturated heterocycles. The van der Waals surface area contributed by atoms with E-state index >= 15 is 0 Å². The van der Waals surface area contributed by atoms with Crippen molar-refractivity contribution >= 4 is 17.4 Å². The summed E-state index contributed by atoms with van der Waals surface area (Å²) in [5.74, 6) is 2.20. The van der Waals surface area contributed by atoms with E-state index in [1.54, 1.807) is 30.3 Å². The molecule has 0 bridgehead atoms. The van der Waals surface area contributed by atoms with Crippen molar-refractivity contribution in [1.29, 1.82) is 0 Å². The van der Waals surface area contributed by atoms with Gasteiger partial charge in [0, 0.05) is 18.4 Å². The molecule has 3 aromatic rings. The molecule has 0 fully saturated rings. The van der Waals surface area contributed by atoms with Gasteiger partial charge in [0.1, 0.15) is 23.9 Å². The number of carbonyl (C=O) groups is 1. The van der Waals surface area contributed by atoms with Crippen molar-refractivity contribution < 1.29 is 14.3 Å². The van der Waals surface area contributed by atoms with Crippen molar-refractivity contribution in [3.05, 3.63) is 78.5 Å². The summed E-state index contributed by atoms with van der Waals surface area (Å²) >= 11 is 0. The second-order valence-electron chi connectivity index (χ2n) is 6.27. The summed E-state index contributed by atoms with van der Waals surface area (Å²) in [6, 6.07) is 20.7. The standard InChI is InChI=1S/C23H25N3O3/c1-3-26(19-7-5-4-6-8-19)23(27)18-9-14-22(25-17-18)24-15-16-29-21-12-10-20(28-2)11-13-21/h4-14,17H,3,15-16H2,1-2H3,(H,24,25). The number of para-hydroxylation sites is 1. The maximum atomic E-state index is 12.8. The van der Waals surface area contributed by atoms with Gasteiger partial charge < -0.3 is 19.7 Å². The van der Waals surface area contributed by atoms with Crippen LogP contribution in [0.2, 0.25) is 0 Å². The zero-order valence-electron chi connectivity index (χ0n) is 16.7. The van der Waals surface area contributed by atoms with Crippen LogP contribution in [0.5, 0.6) is 11.5 Å². The number of rotatable bonds is 9. The minimum absolute atomic E-state index is 0.0689. The Morgan fingerprint density at radius 1 is 1.00 bits per heavy atom. The lowest BCUT2D eigenvalue weighted by Gasteiger charge is -2.21. The van der Waals surface area contributed by atoms with Crippen LogP contribution in [0.15, 0.2) is 72.9 Å². The molecule has 0 radical (unpaired) electrons. The highest BCUT2D eigenvalue weighted by atomic mass is 16.5. The highest BCUT2D eigenvalue weighted by molar-refractivity contribution is 6.05. The third-order valence-corrected chi connectivity index (χ3v) is 4.38. The molecule has 0 spiro atoms. The van der Waals surface area contributed by atoms with Gasteiger partial charge >= 0.3 is 0 Å². The Balaban J connectivity index is 1.51. The molecule has 3 rings (SSSR count). The largest absolute Gasteiger partial charge is 0.497 e. The molecule has 0 aliphatic rings. The fraction of sp³-hybridized carbons (Fsp3) is 0.217. The maximum Gasteiger partial charge on any atom is 0.259 e. The van der Waals surface area contributed by atoms with E-state index in [2.05, 4.69) is 10.3 Å². The highest BCUT2D eigenvalue weighted by Gasteiger charge is 2.16. The normalized spacial score (nSPS) is 10.3. The van der Waals surface area contributed by atoms with Gasteiger partial charge in [0.25, 0.3) is 5.91 Å². The molecule has 6 nitrogen and oxygen atoms in total. The summed E-state index contributed by atoms with van der Waals surface area (Å²) < 4.78 is 10.8. The minimum atomic E-state index is -0.0689. The number of carbonyl (C=O) groups excluding carboxylic acids is 1. The third-order valence-electron chi connectivity index (χ3n) is 4.38. The summed E-state index contributed by atoms with van der Waals surface area (Å²) in [6.45, 7) is 3.63. The van der Waals surface area contributed by atoms with Crippen LogP contribution in [0, 0.1) is 0 Å². The van der Waals surface area contributed by atoms with Crippen molar-refractivity contribution in [1.82, 2.24) is 4.98 Å². The van der Waals surface area contributed by atoms with Gasteiger partial charge in [-0.1, -0.05) is 18.2 Å². The Hall–Kier alpha value is -3.54. The van der Waals surface area contributed by atoms with E-state index in [0.29, 0.717) is 31.1 Å². The Labute approximate surface area is 171 Å². The Bertz CT molecular complexity index is 897. The van der Waals surface area contributed by atoms with E-state index in [1.807, 2.05) is 61.5 Å². The van der Waals surface area contributed by atoms with Gasteiger partial charge in [0.2, 0.25) is 0 Å². The average molecular weight is 391 g/mol. The van der Waals surface area contributed by atoms with Crippen molar-refractivity contribution in [2.24, 2.45) is 0 Å². The van der Waals surface area contributed by atoms with Gasteiger partial charge in [0.15, 0.2) is 0 Å². The molecule has 150 valence electrons. The molecule has 0 unspecified atom stereocenters. The molecule has 0 aliphatic carbocycles. The van der Waals surface area contributed by atoms with Crippen LogP contribution in [-0.4, -0.2) is 37.7 Å². The molecule has 1 amide bonds. The van der Waals surface area contributed by atoms with Crippen LogP contribution in [0.25, 0.3) is 0 Å². The second-order valence-corrected chi connectivity index (χ2v) is 6.27. The van der Waals surface area contributed by atoms with Crippen LogP contribution >= 0.6 is 0 Å². The summed E-state index contributed by atoms with van der Waals surface area (Å²) in [6.07, 6.45) is 1.60. The Kier molecular flexibility index (Phi) is 7.05. The molecule has 0 aliphatic heterocycles. The van der Waals surface area contributed by atoms with E-state index < -0.39 is 0 Å². The monoisotopic (exact) mass is 391 g/mol. The van der Waals surface area contributed by atoms with E-state index in [0.717, 1.165) is 17.2 Å². The predicted molar refractivity (Wildman–Crippen MR) is 115 cm³/mol. The SMILES string of the molecule is CCN(C(=O)c1ccc(NCCOc2ccc(OC)cc2)nc1)c1ccccc1. The van der Waals surface area contributed by atoms with Gasteiger partial charge in [-0.3, -0.25) is 4.79 Å². The molecule has 6 heteroatoms. The number of methoxy groups -OCH3 is 1. The number of hydrogen-bond donors (Lipinski definition) is 1. The molecule has 29 heavy (non-hydrogen) atoms. The van der Waals surface area contributed by atoms with Gasteiger partial charge in [-0.25, -0.2) is 4.98 Å². The average Bonchev–Trinajstić information content (AvgIpc) is 2.79. The number of benzene rings is 2. The first-order chi connectivity index (χ1) is 14.2. The van der Waals surface area contributed by atoms with Crippen molar-refractivity contribution in [2.75, 3.05) is 37.0 Å². The number of nitrogens with one attached hydrogen (secondary N) is 1. The topological polar surface area (TPSA) is 63.7 Å². The van der Waals surface area contributed by atoms with Gasteiger partial charge in [-0.15, -0.1) is 0 Å². The first kappa shape index (κ1) is 20.2. The van der Waals surface area contributed by atoms with Crippen LogP contribution in [-0.2, 0) is 0 Å². The third kappa shape index (κ3) is 5.48. The van der Waals surface area contributed by atoms with Crippen LogP contribution in [0.1, 0.15) is 17.3 Å². The lowest BCUT2D eigenvalue weighted by atomic mass is 10.2. The van der Waals surface area contributed by atoms with E-state index in [4.69, 9.17) is 9.47 Å². The number of ether oxygens (including phenoxy) is 2. The van der Waals surface area contributed by atoms with Crippen LogP contribution in [0.4, 0.5) is 11.5 Å². The lowest BCUT2D eigenvalue weighted by molar-refractivity contribution is 0.0988. The van der Waals surface area contributed by atoms with Crippen molar-refractivity contribution in [2.45, 2.75) is 6.92 Å². The smallest absolute Gasteiger partial charge is 0.259 e. The van der Waals surface area contributed by atoms with Crippen LogP contribution < -0.4 is 19.7 Å². The number of aromatic nitrogens is 1. The summed E-state index contributed by atoms with van der Waals surface area (Å²) in [5.41, 5.74) is 1.42. The minimum Gasteiger partial charge on any atom is -0.497 e. The predicted octanol–water partition coefficient (Wildman–Crippen LogP) is 4.25. The number of nitrogens with zero attached hydrogens (tertiary/aromatic N) is 2. The van der Waals surface area contributed by atoms with Crippen LogP contribution in [0.3, 0.4) is 0 Å². The van der Waals surface area contributed by atoms with Crippen molar-refractivity contribution in [3.63, 3.8) is 0 Å². The number of amides is 1. The molecule has 0 atom stereocenters. The fourth-order valence-corrected chi connectivity index (χ4v) is 2.85. The van der Waals surface area contributed by atoms with E-state index in [-0.39, 0.29) is 5.91 Å². The first-order valence-electron chi connectivity index (χ1n) is 9.55. The van der Waals surface area contributed by atoms with Gasteiger partial charge in [-0.2, -0.15) is 0 Å². The Morgan fingerprint density at radius 2 is 1.72 bits per heavy atom. The van der Waals surface area contributed by atoms with Gasteiger partial charge in [0.05, 0.1) is 19.2 Å². The molecule has 1 aromatic heterocycles. The Morgan fingerprint density at radius 3 is 2.34 bits per heavy atom. The first-order valence-corrected chi connectivity index (χ1v) is 9.55. The maximum absolute atomic E-state index is 12.8. The molecular formula is C23H25N3O3. The molecule has 1 heterocycles. The van der Waals surface area contributed by atoms with Crippen molar-refractivity contribution in [3.8, 4) is 11.5 Å². The molecule has 1 N–H and O–H groups in total. The molecule has 0 saturated carbocycles. The summed E-state index contributed by atoms with van der Waals surface area (Å²) in [5, 5.41) is 3.19. The lowest BCUT2D eigenvalue weighted by Crippen LogP contribution is -2.30. The van der Waals surface area contributed by atoms with E-state index in [9.17, 15) is 4.79 Å². The van der Waals surface area contributed by atoms with Gasteiger partial charge in [-0.05, 0) is 55.5 Å². The zero-order chi connectivity index (χ0) is 20.5. The second kappa shape index (κ2) is 10.1. The zero-order valence-corrected chi connectivity index (χ0v) is 16.7.